The molecule has 0 atom stereocenters. The zero-order valence-electron chi connectivity index (χ0n) is 12.2. The average molecular weight is 235 g/mol. The monoisotopic (exact) mass is 235 g/mol. The Balaban J connectivity index is 0.000000581. The Labute approximate surface area is 105 Å². The molecule has 0 saturated carbocycles. The molecule has 96 valence electrons. The second-order valence-electron chi connectivity index (χ2n) is 3.69. The standard InChI is InChI=1S/C11H13NO.2C2H6/c1-7(2)9-5-4-8(3)11-10(9)6-12-13-11;2*1-2/h4-7H,1-3H3;2*1-2H3. The van der Waals surface area contributed by atoms with Gasteiger partial charge in [0.25, 0.3) is 0 Å². The van der Waals surface area contributed by atoms with Gasteiger partial charge in [0.1, 0.15) is 0 Å². The number of nitrogens with zero attached hydrogens (tertiary/aromatic N) is 1. The largest absolute Gasteiger partial charge is 0.356 e. The Morgan fingerprint density at radius 2 is 1.65 bits per heavy atom. The first kappa shape index (κ1) is 15.7. The Bertz CT molecular complexity index is 429. The molecule has 0 radical (unpaired) electrons. The average Bonchev–Trinajstić information content (AvgIpc) is 2.84. The molecule has 1 aromatic heterocycles. The van der Waals surface area contributed by atoms with Crippen molar-refractivity contribution in [2.45, 2.75) is 54.4 Å². The van der Waals surface area contributed by atoms with Crippen molar-refractivity contribution in [3.05, 3.63) is 29.5 Å². The highest BCUT2D eigenvalue weighted by atomic mass is 16.5. The van der Waals surface area contributed by atoms with Crippen molar-refractivity contribution >= 4 is 11.0 Å². The van der Waals surface area contributed by atoms with E-state index in [-0.39, 0.29) is 0 Å². The molecule has 0 bridgehead atoms. The molecule has 0 amide bonds. The molecule has 0 N–H and O–H groups in total. The fourth-order valence-electron chi connectivity index (χ4n) is 1.61. The lowest BCUT2D eigenvalue weighted by atomic mass is 9.98. The second-order valence-corrected chi connectivity index (χ2v) is 3.69. The normalized spacial score (nSPS) is 9.41. The van der Waals surface area contributed by atoms with Gasteiger partial charge in [0.15, 0.2) is 5.58 Å². The van der Waals surface area contributed by atoms with E-state index in [1.165, 1.54) is 5.56 Å². The van der Waals surface area contributed by atoms with Crippen LogP contribution in [0.2, 0.25) is 0 Å². The van der Waals surface area contributed by atoms with Crippen LogP contribution in [0.3, 0.4) is 0 Å². The van der Waals surface area contributed by atoms with E-state index in [1.807, 2.05) is 34.6 Å². The van der Waals surface area contributed by atoms with Gasteiger partial charge in [0, 0.05) is 5.39 Å². The number of hydrogen-bond donors (Lipinski definition) is 0. The molecule has 0 aliphatic rings. The first-order valence-corrected chi connectivity index (χ1v) is 6.54. The van der Waals surface area contributed by atoms with Crippen LogP contribution < -0.4 is 0 Å². The number of aromatic nitrogens is 1. The minimum absolute atomic E-state index is 0.516. The molecular formula is C15H25NO. The summed E-state index contributed by atoms with van der Waals surface area (Å²) in [6.45, 7) is 14.4. The van der Waals surface area contributed by atoms with Crippen LogP contribution in [0, 0.1) is 6.92 Å². The molecule has 0 saturated heterocycles. The molecule has 0 spiro atoms. The first-order valence-electron chi connectivity index (χ1n) is 6.54. The lowest BCUT2D eigenvalue weighted by molar-refractivity contribution is 0.455. The van der Waals surface area contributed by atoms with E-state index in [1.54, 1.807) is 6.20 Å². The summed E-state index contributed by atoms with van der Waals surface area (Å²) in [5, 5.41) is 4.98. The van der Waals surface area contributed by atoms with Gasteiger partial charge in [-0.3, -0.25) is 0 Å². The summed E-state index contributed by atoms with van der Waals surface area (Å²) in [6, 6.07) is 4.24. The van der Waals surface area contributed by atoms with Crippen molar-refractivity contribution in [1.82, 2.24) is 5.16 Å². The van der Waals surface area contributed by atoms with Crippen LogP contribution in [0.25, 0.3) is 11.0 Å². The summed E-state index contributed by atoms with van der Waals surface area (Å²) in [5.74, 6) is 0.516. The molecule has 1 heterocycles. The summed E-state index contributed by atoms with van der Waals surface area (Å²) in [4.78, 5) is 0. The zero-order chi connectivity index (χ0) is 13.4. The summed E-state index contributed by atoms with van der Waals surface area (Å²) in [6.07, 6.45) is 1.80. The predicted molar refractivity (Wildman–Crippen MR) is 75.5 cm³/mol. The van der Waals surface area contributed by atoms with Gasteiger partial charge in [-0.05, 0) is 24.0 Å². The van der Waals surface area contributed by atoms with E-state index in [9.17, 15) is 0 Å². The quantitative estimate of drug-likeness (QED) is 0.669. The van der Waals surface area contributed by atoms with Crippen molar-refractivity contribution in [2.75, 3.05) is 0 Å². The lowest BCUT2D eigenvalue weighted by Crippen LogP contribution is -1.88. The van der Waals surface area contributed by atoms with E-state index >= 15 is 0 Å². The van der Waals surface area contributed by atoms with Gasteiger partial charge in [0.2, 0.25) is 0 Å². The molecule has 0 aliphatic carbocycles. The molecule has 2 aromatic rings. The Hall–Kier alpha value is -1.31. The van der Waals surface area contributed by atoms with Gasteiger partial charge in [-0.1, -0.05) is 58.8 Å². The molecular weight excluding hydrogens is 210 g/mol. The third-order valence-electron chi connectivity index (χ3n) is 2.37. The topological polar surface area (TPSA) is 26.0 Å². The molecule has 2 rings (SSSR count). The van der Waals surface area contributed by atoms with Crippen LogP contribution in [0.1, 0.15) is 58.6 Å². The SMILES string of the molecule is CC.CC.Cc1ccc(C(C)C)c2cnoc12. The van der Waals surface area contributed by atoms with Gasteiger partial charge < -0.3 is 4.52 Å². The van der Waals surface area contributed by atoms with Crippen molar-refractivity contribution in [3.8, 4) is 0 Å². The number of rotatable bonds is 1. The first-order chi connectivity index (χ1) is 8.20. The lowest BCUT2D eigenvalue weighted by Gasteiger charge is -2.06. The van der Waals surface area contributed by atoms with Crippen molar-refractivity contribution < 1.29 is 4.52 Å². The van der Waals surface area contributed by atoms with Crippen LogP contribution >= 0.6 is 0 Å². The third-order valence-corrected chi connectivity index (χ3v) is 2.37. The Morgan fingerprint density at radius 1 is 1.06 bits per heavy atom. The Kier molecular flexibility index (Phi) is 7.27. The Morgan fingerprint density at radius 3 is 2.18 bits per heavy atom. The highest BCUT2D eigenvalue weighted by Crippen LogP contribution is 2.27. The van der Waals surface area contributed by atoms with E-state index in [0.717, 1.165) is 16.5 Å². The number of fused-ring (bicyclic) bond motifs is 1. The maximum atomic E-state index is 5.19. The maximum Gasteiger partial charge on any atom is 0.170 e. The third kappa shape index (κ3) is 3.58. The van der Waals surface area contributed by atoms with Crippen LogP contribution in [0.4, 0.5) is 0 Å². The summed E-state index contributed by atoms with van der Waals surface area (Å²) >= 11 is 0. The number of hydrogen-bond acceptors (Lipinski definition) is 2. The van der Waals surface area contributed by atoms with Crippen LogP contribution in [0.5, 0.6) is 0 Å². The van der Waals surface area contributed by atoms with E-state index in [0.29, 0.717) is 5.92 Å². The smallest absolute Gasteiger partial charge is 0.170 e. The fraction of sp³-hybridized carbons (Fsp3) is 0.533. The molecule has 0 fully saturated rings. The molecule has 1 aromatic carbocycles. The second kappa shape index (κ2) is 7.88. The summed E-state index contributed by atoms with van der Waals surface area (Å²) in [7, 11) is 0. The molecule has 17 heavy (non-hydrogen) atoms. The van der Waals surface area contributed by atoms with E-state index < -0.39 is 0 Å². The summed E-state index contributed by atoms with van der Waals surface area (Å²) < 4.78 is 5.19. The fourth-order valence-corrected chi connectivity index (χ4v) is 1.61. The molecule has 2 heteroatoms. The highest BCUT2D eigenvalue weighted by Gasteiger charge is 2.09. The number of benzene rings is 1. The zero-order valence-corrected chi connectivity index (χ0v) is 12.2. The van der Waals surface area contributed by atoms with Crippen LogP contribution in [-0.2, 0) is 0 Å². The minimum atomic E-state index is 0.516. The maximum absolute atomic E-state index is 5.19. The van der Waals surface area contributed by atoms with Gasteiger partial charge in [-0.15, -0.1) is 0 Å². The summed E-state index contributed by atoms with van der Waals surface area (Å²) in [5.41, 5.74) is 3.38. The van der Waals surface area contributed by atoms with Crippen LogP contribution in [-0.4, -0.2) is 5.16 Å². The van der Waals surface area contributed by atoms with Crippen LogP contribution in [0.15, 0.2) is 22.9 Å². The van der Waals surface area contributed by atoms with E-state index in [2.05, 4.69) is 31.1 Å². The van der Waals surface area contributed by atoms with E-state index in [4.69, 9.17) is 4.52 Å². The van der Waals surface area contributed by atoms with Crippen molar-refractivity contribution in [1.29, 1.82) is 0 Å². The van der Waals surface area contributed by atoms with Gasteiger partial charge >= 0.3 is 0 Å². The van der Waals surface area contributed by atoms with Crippen molar-refractivity contribution in [3.63, 3.8) is 0 Å². The van der Waals surface area contributed by atoms with Gasteiger partial charge in [-0.25, -0.2) is 0 Å². The molecule has 0 unspecified atom stereocenters. The van der Waals surface area contributed by atoms with Crippen molar-refractivity contribution in [2.24, 2.45) is 0 Å². The highest BCUT2D eigenvalue weighted by molar-refractivity contribution is 5.83. The minimum Gasteiger partial charge on any atom is -0.356 e. The molecule has 2 nitrogen and oxygen atoms in total. The number of aryl methyl sites for hydroxylation is 1. The molecule has 0 aliphatic heterocycles. The van der Waals surface area contributed by atoms with Gasteiger partial charge in [0.05, 0.1) is 6.20 Å². The predicted octanol–water partition coefficient (Wildman–Crippen LogP) is 5.31. The van der Waals surface area contributed by atoms with Gasteiger partial charge in [-0.2, -0.15) is 0 Å².